The molecule has 1 N–H and O–H groups in total. The van der Waals surface area contributed by atoms with E-state index in [2.05, 4.69) is 0 Å². The van der Waals surface area contributed by atoms with Gasteiger partial charge in [0.15, 0.2) is 0 Å². The number of anilines is 1. The highest BCUT2D eigenvalue weighted by molar-refractivity contribution is 6.11. The van der Waals surface area contributed by atoms with Crippen molar-refractivity contribution in [1.29, 1.82) is 0 Å². The van der Waals surface area contributed by atoms with Crippen molar-refractivity contribution in [1.82, 2.24) is 4.90 Å². The third-order valence-electron chi connectivity index (χ3n) is 3.77. The third kappa shape index (κ3) is 1.88. The molecule has 2 unspecified atom stereocenters. The summed E-state index contributed by atoms with van der Waals surface area (Å²) in [7, 11) is 1.50. The SMILES string of the molecule is COCN1C(=O)C2CC(O)CN2C(=O)c2ccccc21. The zero-order valence-corrected chi connectivity index (χ0v) is 11.2. The molecule has 6 nitrogen and oxygen atoms in total. The number of hydrogen-bond donors (Lipinski definition) is 1. The van der Waals surface area contributed by atoms with Crippen molar-refractivity contribution in [2.75, 3.05) is 25.3 Å². The van der Waals surface area contributed by atoms with E-state index in [1.165, 1.54) is 16.9 Å². The van der Waals surface area contributed by atoms with Gasteiger partial charge in [0.05, 0.1) is 17.4 Å². The molecule has 3 rings (SSSR count). The Morgan fingerprint density at radius 3 is 2.85 bits per heavy atom. The second kappa shape index (κ2) is 4.88. The second-order valence-corrected chi connectivity index (χ2v) is 5.06. The number of methoxy groups -OCH3 is 1. The molecule has 2 aliphatic rings. The van der Waals surface area contributed by atoms with Crippen LogP contribution in [0.25, 0.3) is 0 Å². The zero-order chi connectivity index (χ0) is 14.3. The summed E-state index contributed by atoms with van der Waals surface area (Å²) in [5, 5.41) is 9.76. The van der Waals surface area contributed by atoms with E-state index in [1.807, 2.05) is 0 Å². The minimum absolute atomic E-state index is 0.0869. The highest BCUT2D eigenvalue weighted by atomic mass is 16.5. The first-order chi connectivity index (χ1) is 9.63. The maximum Gasteiger partial charge on any atom is 0.256 e. The van der Waals surface area contributed by atoms with Crippen molar-refractivity contribution >= 4 is 17.5 Å². The maximum absolute atomic E-state index is 12.6. The Labute approximate surface area is 116 Å². The normalized spacial score (nSPS) is 25.5. The lowest BCUT2D eigenvalue weighted by molar-refractivity contribution is -0.123. The molecule has 0 aliphatic carbocycles. The summed E-state index contributed by atoms with van der Waals surface area (Å²) in [6, 6.07) is 6.37. The monoisotopic (exact) mass is 276 g/mol. The Bertz CT molecular complexity index is 560. The van der Waals surface area contributed by atoms with Crippen molar-refractivity contribution < 1.29 is 19.4 Å². The molecule has 20 heavy (non-hydrogen) atoms. The smallest absolute Gasteiger partial charge is 0.256 e. The molecular weight excluding hydrogens is 260 g/mol. The first kappa shape index (κ1) is 13.1. The topological polar surface area (TPSA) is 70.1 Å². The minimum atomic E-state index is -0.650. The number of ether oxygens (including phenoxy) is 1. The Morgan fingerprint density at radius 2 is 2.10 bits per heavy atom. The summed E-state index contributed by atoms with van der Waals surface area (Å²) in [5.74, 6) is -0.421. The van der Waals surface area contributed by atoms with E-state index in [0.717, 1.165) is 0 Å². The molecule has 1 aromatic rings. The number of benzene rings is 1. The van der Waals surface area contributed by atoms with Crippen LogP contribution >= 0.6 is 0 Å². The summed E-state index contributed by atoms with van der Waals surface area (Å²) >= 11 is 0. The van der Waals surface area contributed by atoms with Crippen molar-refractivity contribution in [3.8, 4) is 0 Å². The number of amides is 2. The van der Waals surface area contributed by atoms with Crippen LogP contribution in [0.15, 0.2) is 24.3 Å². The number of aliphatic hydroxyl groups excluding tert-OH is 1. The first-order valence-corrected chi connectivity index (χ1v) is 6.52. The molecule has 2 aliphatic heterocycles. The van der Waals surface area contributed by atoms with Gasteiger partial charge in [-0.25, -0.2) is 0 Å². The molecule has 0 saturated carbocycles. The summed E-state index contributed by atoms with van der Waals surface area (Å²) in [5.41, 5.74) is 1.03. The molecular formula is C14H16N2O4. The Morgan fingerprint density at radius 1 is 1.35 bits per heavy atom. The van der Waals surface area contributed by atoms with Gasteiger partial charge in [-0.3, -0.25) is 14.5 Å². The van der Waals surface area contributed by atoms with Gasteiger partial charge in [-0.2, -0.15) is 0 Å². The van der Waals surface area contributed by atoms with Gasteiger partial charge in [0, 0.05) is 20.1 Å². The number of para-hydroxylation sites is 1. The van der Waals surface area contributed by atoms with Crippen LogP contribution in [0.4, 0.5) is 5.69 Å². The Kier molecular flexibility index (Phi) is 3.19. The van der Waals surface area contributed by atoms with Gasteiger partial charge in [0.1, 0.15) is 12.8 Å². The van der Waals surface area contributed by atoms with Crippen LogP contribution in [0, 0.1) is 0 Å². The van der Waals surface area contributed by atoms with Crippen molar-refractivity contribution in [3.05, 3.63) is 29.8 Å². The lowest BCUT2D eigenvalue weighted by atomic mass is 10.1. The standard InChI is InChI=1S/C14H16N2O4/c1-20-8-16-11-5-3-2-4-10(11)13(18)15-7-9(17)6-12(15)14(16)19/h2-5,9,12,17H,6-8H2,1H3. The van der Waals surface area contributed by atoms with Crippen LogP contribution in [0.3, 0.4) is 0 Å². The molecule has 106 valence electrons. The molecule has 2 atom stereocenters. The van der Waals surface area contributed by atoms with Crippen LogP contribution in [-0.2, 0) is 9.53 Å². The van der Waals surface area contributed by atoms with Gasteiger partial charge in [-0.15, -0.1) is 0 Å². The second-order valence-electron chi connectivity index (χ2n) is 5.06. The number of hydrogen-bond acceptors (Lipinski definition) is 4. The summed E-state index contributed by atoms with van der Waals surface area (Å²) in [6.45, 7) is 0.286. The van der Waals surface area contributed by atoms with Gasteiger partial charge in [-0.05, 0) is 12.1 Å². The van der Waals surface area contributed by atoms with Crippen LogP contribution in [0.2, 0.25) is 0 Å². The summed E-state index contributed by atoms with van der Waals surface area (Å²) in [6.07, 6.45) is -0.374. The zero-order valence-electron chi connectivity index (χ0n) is 11.2. The van der Waals surface area contributed by atoms with E-state index in [9.17, 15) is 14.7 Å². The van der Waals surface area contributed by atoms with Gasteiger partial charge in [0.25, 0.3) is 11.8 Å². The number of aliphatic hydroxyl groups is 1. The van der Waals surface area contributed by atoms with E-state index < -0.39 is 12.1 Å². The van der Waals surface area contributed by atoms with Crippen LogP contribution in [0.5, 0.6) is 0 Å². The fraction of sp³-hybridized carbons (Fsp3) is 0.429. The quantitative estimate of drug-likeness (QED) is 0.838. The van der Waals surface area contributed by atoms with Crippen LogP contribution in [0.1, 0.15) is 16.8 Å². The molecule has 6 heteroatoms. The van der Waals surface area contributed by atoms with Gasteiger partial charge in [-0.1, -0.05) is 12.1 Å². The van der Waals surface area contributed by atoms with E-state index in [-0.39, 0.29) is 31.5 Å². The van der Waals surface area contributed by atoms with E-state index >= 15 is 0 Å². The third-order valence-corrected chi connectivity index (χ3v) is 3.77. The molecule has 1 saturated heterocycles. The average Bonchev–Trinajstić information content (AvgIpc) is 2.82. The largest absolute Gasteiger partial charge is 0.391 e. The lowest BCUT2D eigenvalue weighted by Gasteiger charge is -2.24. The molecule has 1 aromatic carbocycles. The number of carbonyl (C=O) groups is 2. The van der Waals surface area contributed by atoms with Crippen molar-refractivity contribution in [3.63, 3.8) is 0 Å². The number of fused-ring (bicyclic) bond motifs is 2. The number of nitrogens with zero attached hydrogens (tertiary/aromatic N) is 2. The molecule has 0 spiro atoms. The highest BCUT2D eigenvalue weighted by Gasteiger charge is 2.44. The van der Waals surface area contributed by atoms with Gasteiger partial charge in [0.2, 0.25) is 0 Å². The summed E-state index contributed by atoms with van der Waals surface area (Å²) < 4.78 is 5.09. The molecule has 1 fully saturated rings. The molecule has 0 radical (unpaired) electrons. The maximum atomic E-state index is 12.6. The van der Waals surface area contributed by atoms with Gasteiger partial charge >= 0.3 is 0 Å². The molecule has 2 amide bonds. The number of rotatable bonds is 2. The predicted octanol–water partition coefficient (Wildman–Crippen LogP) is 0.212. The fourth-order valence-electron chi connectivity index (χ4n) is 2.88. The molecule has 0 bridgehead atoms. The van der Waals surface area contributed by atoms with E-state index in [0.29, 0.717) is 11.3 Å². The van der Waals surface area contributed by atoms with Gasteiger partial charge < -0.3 is 14.7 Å². The Balaban J connectivity index is 2.11. The highest BCUT2D eigenvalue weighted by Crippen LogP contribution is 2.32. The lowest BCUT2D eigenvalue weighted by Crippen LogP contribution is -2.45. The van der Waals surface area contributed by atoms with Crippen molar-refractivity contribution in [2.24, 2.45) is 0 Å². The summed E-state index contributed by atoms with van der Waals surface area (Å²) in [4.78, 5) is 28.1. The van der Waals surface area contributed by atoms with Crippen molar-refractivity contribution in [2.45, 2.75) is 18.6 Å². The minimum Gasteiger partial charge on any atom is -0.391 e. The number of carbonyl (C=O) groups excluding carboxylic acids is 2. The fourth-order valence-corrected chi connectivity index (χ4v) is 2.88. The van der Waals surface area contributed by atoms with E-state index in [1.54, 1.807) is 24.3 Å². The Hall–Kier alpha value is -1.92. The molecule has 0 aromatic heterocycles. The average molecular weight is 276 g/mol. The van der Waals surface area contributed by atoms with Crippen LogP contribution < -0.4 is 4.90 Å². The van der Waals surface area contributed by atoms with Crippen LogP contribution in [-0.4, -0.2) is 54.4 Å². The van der Waals surface area contributed by atoms with E-state index in [4.69, 9.17) is 4.74 Å². The molecule has 2 heterocycles. The predicted molar refractivity (Wildman–Crippen MR) is 71.3 cm³/mol. The first-order valence-electron chi connectivity index (χ1n) is 6.52.